The van der Waals surface area contributed by atoms with Crippen molar-refractivity contribution in [2.45, 2.75) is 58.5 Å². The molecule has 1 unspecified atom stereocenters. The van der Waals surface area contributed by atoms with E-state index in [1.54, 1.807) is 0 Å². The number of carbonyl (C=O) groups excluding carboxylic acids is 2. The zero-order valence-electron chi connectivity index (χ0n) is 13.9. The Morgan fingerprint density at radius 2 is 2.04 bits per heavy atom. The molecule has 1 atom stereocenters. The van der Waals surface area contributed by atoms with Crippen LogP contribution >= 0.6 is 0 Å². The molecular weight excluding hydrogens is 296 g/mol. The number of carbonyl (C=O) groups is 2. The van der Waals surface area contributed by atoms with Crippen LogP contribution in [0.15, 0.2) is 18.3 Å². The number of unbranched alkanes of at least 4 members (excludes halogenated alkanes) is 4. The van der Waals surface area contributed by atoms with Gasteiger partial charge >= 0.3 is 5.97 Å². The minimum absolute atomic E-state index is 0.107. The van der Waals surface area contributed by atoms with Crippen LogP contribution in [0.3, 0.4) is 0 Å². The molecule has 0 bridgehead atoms. The van der Waals surface area contributed by atoms with Gasteiger partial charge in [0.1, 0.15) is 12.3 Å². The lowest BCUT2D eigenvalue weighted by molar-refractivity contribution is -0.147. The first-order valence-electron chi connectivity index (χ1n) is 8.16. The monoisotopic (exact) mass is 322 g/mol. The molecule has 0 saturated heterocycles. The summed E-state index contributed by atoms with van der Waals surface area (Å²) in [6.45, 7) is 3.78. The number of pyridine rings is 1. The van der Waals surface area contributed by atoms with E-state index in [1.165, 1.54) is 37.6 Å². The van der Waals surface area contributed by atoms with Crippen LogP contribution in [0.25, 0.3) is 0 Å². The molecule has 0 aliphatic rings. The summed E-state index contributed by atoms with van der Waals surface area (Å²) in [5.74, 6) is -1.32. The van der Waals surface area contributed by atoms with E-state index >= 15 is 0 Å². The third-order valence-corrected chi connectivity index (χ3v) is 3.44. The van der Waals surface area contributed by atoms with E-state index in [-0.39, 0.29) is 24.1 Å². The maximum atomic E-state index is 11.8. The Morgan fingerprint density at radius 3 is 2.74 bits per heavy atom. The summed E-state index contributed by atoms with van der Waals surface area (Å²) in [7, 11) is 0. The fourth-order valence-corrected chi connectivity index (χ4v) is 2.17. The molecule has 1 amide bonds. The first-order valence-corrected chi connectivity index (χ1v) is 8.16. The van der Waals surface area contributed by atoms with E-state index in [4.69, 9.17) is 4.74 Å². The second-order valence-electron chi connectivity index (χ2n) is 5.56. The summed E-state index contributed by atoms with van der Waals surface area (Å²) in [5.41, 5.74) is -0.107. The van der Waals surface area contributed by atoms with Crippen molar-refractivity contribution < 1.29 is 19.4 Å². The topological polar surface area (TPSA) is 88.5 Å². The Hall–Kier alpha value is -2.11. The predicted molar refractivity (Wildman–Crippen MR) is 87.2 cm³/mol. The zero-order chi connectivity index (χ0) is 17.1. The third kappa shape index (κ3) is 7.63. The smallest absolute Gasteiger partial charge is 0.325 e. The first-order chi connectivity index (χ1) is 11.0. The van der Waals surface area contributed by atoms with Crippen molar-refractivity contribution in [3.63, 3.8) is 0 Å². The van der Waals surface area contributed by atoms with Crippen LogP contribution in [0.4, 0.5) is 0 Å². The van der Waals surface area contributed by atoms with Crippen molar-refractivity contribution in [1.82, 2.24) is 10.3 Å². The highest BCUT2D eigenvalue weighted by atomic mass is 16.5. The lowest BCUT2D eigenvalue weighted by atomic mass is 10.1. The largest absolute Gasteiger partial charge is 0.505 e. The van der Waals surface area contributed by atoms with Crippen LogP contribution in [0, 0.1) is 0 Å². The molecule has 128 valence electrons. The molecule has 0 aromatic carbocycles. The number of aromatic nitrogens is 1. The number of aromatic hydroxyl groups is 1. The first kappa shape index (κ1) is 18.9. The predicted octanol–water partition coefficient (Wildman–Crippen LogP) is 2.81. The molecule has 0 saturated carbocycles. The van der Waals surface area contributed by atoms with Gasteiger partial charge in [0, 0.05) is 6.20 Å². The number of nitrogens with one attached hydrogen (secondary N) is 1. The summed E-state index contributed by atoms with van der Waals surface area (Å²) < 4.78 is 5.24. The molecule has 0 aliphatic heterocycles. The summed E-state index contributed by atoms with van der Waals surface area (Å²) in [4.78, 5) is 27.2. The van der Waals surface area contributed by atoms with Crippen molar-refractivity contribution in [3.8, 4) is 5.75 Å². The van der Waals surface area contributed by atoms with Crippen molar-refractivity contribution >= 4 is 11.9 Å². The number of amides is 1. The molecule has 6 nitrogen and oxygen atoms in total. The molecule has 2 N–H and O–H groups in total. The Bertz CT molecular complexity index is 505. The summed E-state index contributed by atoms with van der Waals surface area (Å²) >= 11 is 0. The van der Waals surface area contributed by atoms with Gasteiger partial charge in [0.25, 0.3) is 5.91 Å². The molecule has 1 rings (SSSR count). The molecule has 0 spiro atoms. The summed E-state index contributed by atoms with van der Waals surface area (Å²) in [5, 5.41) is 11.9. The van der Waals surface area contributed by atoms with E-state index in [9.17, 15) is 14.7 Å². The average Bonchev–Trinajstić information content (AvgIpc) is 2.53. The van der Waals surface area contributed by atoms with Gasteiger partial charge in [0.15, 0.2) is 5.69 Å². The lowest BCUT2D eigenvalue weighted by Gasteiger charge is -2.13. The van der Waals surface area contributed by atoms with Crippen LogP contribution in [0.2, 0.25) is 0 Å². The van der Waals surface area contributed by atoms with Gasteiger partial charge in [0.05, 0.1) is 6.10 Å². The second-order valence-corrected chi connectivity index (χ2v) is 5.56. The normalized spacial score (nSPS) is 11.7. The van der Waals surface area contributed by atoms with Crippen molar-refractivity contribution in [2.24, 2.45) is 0 Å². The fourth-order valence-electron chi connectivity index (χ4n) is 2.17. The van der Waals surface area contributed by atoms with Gasteiger partial charge in [-0.3, -0.25) is 9.59 Å². The van der Waals surface area contributed by atoms with E-state index in [1.807, 2.05) is 6.92 Å². The highest BCUT2D eigenvalue weighted by Gasteiger charge is 2.15. The fraction of sp³-hybridized carbons (Fsp3) is 0.588. The van der Waals surface area contributed by atoms with Crippen LogP contribution in [-0.2, 0) is 9.53 Å². The Labute approximate surface area is 137 Å². The highest BCUT2D eigenvalue weighted by Crippen LogP contribution is 2.12. The van der Waals surface area contributed by atoms with Crippen LogP contribution in [0.5, 0.6) is 5.75 Å². The van der Waals surface area contributed by atoms with Gasteiger partial charge in [-0.2, -0.15) is 0 Å². The molecule has 1 aromatic rings. The molecule has 1 aromatic heterocycles. The maximum absolute atomic E-state index is 11.8. The third-order valence-electron chi connectivity index (χ3n) is 3.44. The Morgan fingerprint density at radius 1 is 1.30 bits per heavy atom. The van der Waals surface area contributed by atoms with Crippen molar-refractivity contribution in [2.75, 3.05) is 6.54 Å². The highest BCUT2D eigenvalue weighted by molar-refractivity contribution is 5.96. The minimum Gasteiger partial charge on any atom is -0.505 e. The maximum Gasteiger partial charge on any atom is 0.325 e. The van der Waals surface area contributed by atoms with Gasteiger partial charge in [-0.25, -0.2) is 4.98 Å². The molecule has 0 fully saturated rings. The molecule has 23 heavy (non-hydrogen) atoms. The van der Waals surface area contributed by atoms with E-state index in [0.29, 0.717) is 0 Å². The average molecular weight is 322 g/mol. The van der Waals surface area contributed by atoms with Gasteiger partial charge in [-0.1, -0.05) is 32.6 Å². The number of hydrogen-bond acceptors (Lipinski definition) is 5. The van der Waals surface area contributed by atoms with E-state index in [0.717, 1.165) is 19.3 Å². The standard InChI is InChI=1S/C17H26N2O4/c1-3-4-5-6-7-9-13(2)23-15(21)12-19-17(22)16-14(20)10-8-11-18-16/h8,10-11,13,20H,3-7,9,12H2,1-2H3,(H,19,22). The summed E-state index contributed by atoms with van der Waals surface area (Å²) in [6, 6.07) is 2.88. The quantitative estimate of drug-likeness (QED) is 0.511. The number of nitrogens with zero attached hydrogens (tertiary/aromatic N) is 1. The molecule has 1 heterocycles. The van der Waals surface area contributed by atoms with Gasteiger partial charge in [-0.05, 0) is 31.9 Å². The van der Waals surface area contributed by atoms with Crippen LogP contribution < -0.4 is 5.32 Å². The van der Waals surface area contributed by atoms with Gasteiger partial charge in [-0.15, -0.1) is 0 Å². The Balaban J connectivity index is 2.23. The number of hydrogen-bond donors (Lipinski definition) is 2. The molecule has 6 heteroatoms. The molecule has 0 aliphatic carbocycles. The van der Waals surface area contributed by atoms with Gasteiger partial charge < -0.3 is 15.2 Å². The van der Waals surface area contributed by atoms with Crippen LogP contribution in [-0.4, -0.2) is 34.6 Å². The van der Waals surface area contributed by atoms with Crippen molar-refractivity contribution in [3.05, 3.63) is 24.0 Å². The lowest BCUT2D eigenvalue weighted by Crippen LogP contribution is -2.32. The zero-order valence-corrected chi connectivity index (χ0v) is 13.9. The number of esters is 1. The second kappa shape index (κ2) is 10.6. The van der Waals surface area contributed by atoms with Crippen LogP contribution in [0.1, 0.15) is 62.9 Å². The number of rotatable bonds is 10. The van der Waals surface area contributed by atoms with Crippen molar-refractivity contribution in [1.29, 1.82) is 0 Å². The summed E-state index contributed by atoms with van der Waals surface area (Å²) in [6.07, 6.45) is 7.88. The van der Waals surface area contributed by atoms with E-state index < -0.39 is 11.9 Å². The minimum atomic E-state index is -0.604. The molecular formula is C17H26N2O4. The molecule has 0 radical (unpaired) electrons. The van der Waals surface area contributed by atoms with E-state index in [2.05, 4.69) is 17.2 Å². The Kier molecular flexibility index (Phi) is 8.72. The number of ether oxygens (including phenoxy) is 1. The SMILES string of the molecule is CCCCCCCC(C)OC(=O)CNC(=O)c1ncccc1O. The van der Waals surface area contributed by atoms with Gasteiger partial charge in [0.2, 0.25) is 0 Å².